The predicted molar refractivity (Wildman–Crippen MR) is 90.6 cm³/mol. The fourth-order valence-corrected chi connectivity index (χ4v) is 4.84. The second-order valence-electron chi connectivity index (χ2n) is 4.27. The first-order valence-corrected chi connectivity index (χ1v) is 8.71. The van der Waals surface area contributed by atoms with Gasteiger partial charge in [0.1, 0.15) is 4.90 Å². The van der Waals surface area contributed by atoms with Gasteiger partial charge in [0.05, 0.1) is 15.7 Å². The molecule has 0 aliphatic rings. The average molecular weight is 410 g/mol. The third-order valence-electron chi connectivity index (χ3n) is 2.82. The minimum Gasteiger partial charge on any atom is -0.399 e. The first-order chi connectivity index (χ1) is 9.73. The Morgan fingerprint density at radius 3 is 2.24 bits per heavy atom. The van der Waals surface area contributed by atoms with Crippen LogP contribution in [0.4, 0.5) is 11.4 Å². The highest BCUT2D eigenvalue weighted by atomic mass is 79.9. The van der Waals surface area contributed by atoms with E-state index in [2.05, 4.69) is 15.9 Å². The maximum absolute atomic E-state index is 12.7. The number of halogens is 3. The summed E-state index contributed by atoms with van der Waals surface area (Å²) in [6, 6.07) is 9.48. The summed E-state index contributed by atoms with van der Waals surface area (Å²) in [7, 11) is -2.48. The Kier molecular flexibility index (Phi) is 4.72. The van der Waals surface area contributed by atoms with Crippen molar-refractivity contribution in [3.05, 3.63) is 50.9 Å². The standard InChI is InChI=1S/C13H11BrCl2N2O2S/c1-18(10-4-2-3-9(17)7-10)21(19,20)13-11(15)5-8(14)6-12(13)16/h2-7H,17H2,1H3. The van der Waals surface area contributed by atoms with E-state index in [1.54, 1.807) is 24.3 Å². The van der Waals surface area contributed by atoms with Crippen molar-refractivity contribution in [2.45, 2.75) is 4.90 Å². The van der Waals surface area contributed by atoms with Crippen LogP contribution in [0, 0.1) is 0 Å². The van der Waals surface area contributed by atoms with E-state index in [-0.39, 0.29) is 14.9 Å². The van der Waals surface area contributed by atoms with E-state index in [1.165, 1.54) is 19.2 Å². The summed E-state index contributed by atoms with van der Waals surface area (Å²) in [6.07, 6.45) is 0. The fraction of sp³-hybridized carbons (Fsp3) is 0.0769. The molecule has 0 bridgehead atoms. The van der Waals surface area contributed by atoms with Gasteiger partial charge in [0.15, 0.2) is 0 Å². The molecular formula is C13H11BrCl2N2O2S. The summed E-state index contributed by atoms with van der Waals surface area (Å²) in [5.41, 5.74) is 6.56. The van der Waals surface area contributed by atoms with Crippen molar-refractivity contribution in [2.24, 2.45) is 0 Å². The molecule has 0 saturated heterocycles. The number of hydrogen-bond donors (Lipinski definition) is 1. The highest BCUT2D eigenvalue weighted by Crippen LogP contribution is 2.35. The van der Waals surface area contributed by atoms with Gasteiger partial charge in [-0.25, -0.2) is 8.42 Å². The van der Waals surface area contributed by atoms with E-state index >= 15 is 0 Å². The highest BCUT2D eigenvalue weighted by molar-refractivity contribution is 9.10. The van der Waals surface area contributed by atoms with Gasteiger partial charge in [-0.05, 0) is 30.3 Å². The SMILES string of the molecule is CN(c1cccc(N)c1)S(=O)(=O)c1c(Cl)cc(Br)cc1Cl. The number of sulfonamides is 1. The number of nitrogens with two attached hydrogens (primary N) is 1. The lowest BCUT2D eigenvalue weighted by Crippen LogP contribution is -2.27. The molecule has 2 aromatic rings. The van der Waals surface area contributed by atoms with E-state index < -0.39 is 10.0 Å². The fourth-order valence-electron chi connectivity index (χ4n) is 1.77. The van der Waals surface area contributed by atoms with Crippen LogP contribution in [0.3, 0.4) is 0 Å². The Labute approximate surface area is 141 Å². The van der Waals surface area contributed by atoms with Crippen LogP contribution in [0.2, 0.25) is 10.0 Å². The number of nitrogens with zero attached hydrogens (tertiary/aromatic N) is 1. The zero-order valence-corrected chi connectivity index (χ0v) is 14.8. The van der Waals surface area contributed by atoms with E-state index in [9.17, 15) is 8.42 Å². The van der Waals surface area contributed by atoms with Crippen molar-refractivity contribution < 1.29 is 8.42 Å². The zero-order valence-electron chi connectivity index (χ0n) is 10.8. The number of rotatable bonds is 3. The van der Waals surface area contributed by atoms with Crippen molar-refractivity contribution in [1.82, 2.24) is 0 Å². The first kappa shape index (κ1) is 16.4. The van der Waals surface area contributed by atoms with Gasteiger partial charge in [0.2, 0.25) is 0 Å². The van der Waals surface area contributed by atoms with Crippen LogP contribution >= 0.6 is 39.1 Å². The Bertz CT molecular complexity index is 774. The Morgan fingerprint density at radius 1 is 1.14 bits per heavy atom. The van der Waals surface area contributed by atoms with Gasteiger partial charge in [-0.15, -0.1) is 0 Å². The summed E-state index contributed by atoms with van der Waals surface area (Å²) in [5.74, 6) is 0. The Hall–Kier alpha value is -0.950. The molecule has 0 radical (unpaired) electrons. The monoisotopic (exact) mass is 408 g/mol. The first-order valence-electron chi connectivity index (χ1n) is 5.72. The molecule has 2 rings (SSSR count). The number of hydrogen-bond acceptors (Lipinski definition) is 3. The van der Waals surface area contributed by atoms with Crippen LogP contribution in [0.5, 0.6) is 0 Å². The molecule has 0 aliphatic carbocycles. The molecule has 112 valence electrons. The molecule has 2 N–H and O–H groups in total. The lowest BCUT2D eigenvalue weighted by molar-refractivity contribution is 0.594. The zero-order chi connectivity index (χ0) is 15.8. The van der Waals surface area contributed by atoms with Crippen molar-refractivity contribution in [3.63, 3.8) is 0 Å². The number of anilines is 2. The molecule has 0 spiro atoms. The molecule has 0 aliphatic heterocycles. The van der Waals surface area contributed by atoms with E-state index in [4.69, 9.17) is 28.9 Å². The minimum absolute atomic E-state index is 0.0464. The Morgan fingerprint density at radius 2 is 1.71 bits per heavy atom. The van der Waals surface area contributed by atoms with Crippen LogP contribution in [0.25, 0.3) is 0 Å². The minimum atomic E-state index is -3.89. The molecule has 8 heteroatoms. The van der Waals surface area contributed by atoms with Gasteiger partial charge in [0.25, 0.3) is 10.0 Å². The number of benzene rings is 2. The molecule has 0 atom stereocenters. The van der Waals surface area contributed by atoms with Crippen molar-refractivity contribution in [3.8, 4) is 0 Å². The van der Waals surface area contributed by atoms with Crippen molar-refractivity contribution in [2.75, 3.05) is 17.1 Å². The largest absolute Gasteiger partial charge is 0.399 e. The van der Waals surface area contributed by atoms with Gasteiger partial charge in [-0.1, -0.05) is 45.2 Å². The van der Waals surface area contributed by atoms with Crippen LogP contribution in [0.15, 0.2) is 45.8 Å². The average Bonchev–Trinajstić information content (AvgIpc) is 2.36. The maximum atomic E-state index is 12.7. The van der Waals surface area contributed by atoms with Gasteiger partial charge in [-0.2, -0.15) is 0 Å². The summed E-state index contributed by atoms with van der Waals surface area (Å²) >= 11 is 15.3. The normalized spacial score (nSPS) is 11.4. The molecule has 4 nitrogen and oxygen atoms in total. The summed E-state index contributed by atoms with van der Waals surface area (Å²) in [5, 5.41) is 0.0928. The third kappa shape index (κ3) is 3.29. The molecular weight excluding hydrogens is 399 g/mol. The Balaban J connectivity index is 2.57. The predicted octanol–water partition coefficient (Wildman–Crippen LogP) is 4.16. The second-order valence-corrected chi connectivity index (χ2v) is 7.90. The lowest BCUT2D eigenvalue weighted by Gasteiger charge is -2.21. The number of nitrogen functional groups attached to an aromatic ring is 1. The van der Waals surface area contributed by atoms with Gasteiger partial charge in [-0.3, -0.25) is 4.31 Å². The van der Waals surface area contributed by atoms with Crippen molar-refractivity contribution in [1.29, 1.82) is 0 Å². The third-order valence-corrected chi connectivity index (χ3v) is 5.98. The molecule has 0 heterocycles. The van der Waals surface area contributed by atoms with E-state index in [0.29, 0.717) is 15.8 Å². The smallest absolute Gasteiger partial charge is 0.267 e. The second kappa shape index (κ2) is 6.04. The van der Waals surface area contributed by atoms with Crippen LogP contribution in [-0.4, -0.2) is 15.5 Å². The summed E-state index contributed by atoms with van der Waals surface area (Å²) in [6.45, 7) is 0. The molecule has 2 aromatic carbocycles. The van der Waals surface area contributed by atoms with Gasteiger partial charge < -0.3 is 5.73 Å². The van der Waals surface area contributed by atoms with Crippen molar-refractivity contribution >= 4 is 60.5 Å². The molecule has 0 aromatic heterocycles. The molecule has 0 fully saturated rings. The molecule has 0 saturated carbocycles. The van der Waals surface area contributed by atoms with Crippen LogP contribution in [-0.2, 0) is 10.0 Å². The van der Waals surface area contributed by atoms with Crippen LogP contribution in [0.1, 0.15) is 0 Å². The van der Waals surface area contributed by atoms with E-state index in [1.807, 2.05) is 0 Å². The molecule has 0 unspecified atom stereocenters. The highest BCUT2D eigenvalue weighted by Gasteiger charge is 2.27. The van der Waals surface area contributed by atoms with Crippen LogP contribution < -0.4 is 10.0 Å². The molecule has 0 amide bonds. The van der Waals surface area contributed by atoms with Gasteiger partial charge in [0, 0.05) is 17.2 Å². The van der Waals surface area contributed by atoms with E-state index in [0.717, 1.165) is 4.31 Å². The molecule has 21 heavy (non-hydrogen) atoms. The lowest BCUT2D eigenvalue weighted by atomic mass is 10.3. The summed E-state index contributed by atoms with van der Waals surface area (Å²) in [4.78, 5) is -0.140. The summed E-state index contributed by atoms with van der Waals surface area (Å²) < 4.78 is 27.1. The maximum Gasteiger partial charge on any atom is 0.267 e. The van der Waals surface area contributed by atoms with Gasteiger partial charge >= 0.3 is 0 Å². The quantitative estimate of drug-likeness (QED) is 0.774. The topological polar surface area (TPSA) is 63.4 Å².